The van der Waals surface area contributed by atoms with Crippen molar-refractivity contribution in [3.63, 3.8) is 0 Å². The Labute approximate surface area is 130 Å². The number of aryl methyl sites for hydroxylation is 1. The Morgan fingerprint density at radius 2 is 1.67 bits per heavy atom. The summed E-state index contributed by atoms with van der Waals surface area (Å²) < 4.78 is 11.3. The van der Waals surface area contributed by atoms with Crippen molar-refractivity contribution in [2.24, 2.45) is 5.73 Å². The van der Waals surface area contributed by atoms with Crippen molar-refractivity contribution < 1.29 is 9.47 Å². The Morgan fingerprint density at radius 1 is 1.00 bits per heavy atom. The predicted octanol–water partition coefficient (Wildman–Crippen LogP) is 3.28. The van der Waals surface area contributed by atoms with E-state index in [1.807, 2.05) is 55.5 Å². The van der Waals surface area contributed by atoms with Crippen LogP contribution in [0.15, 0.2) is 48.5 Å². The molecule has 2 aromatic carbocycles. The van der Waals surface area contributed by atoms with Crippen LogP contribution < -0.4 is 15.2 Å². The second-order valence-electron chi connectivity index (χ2n) is 4.80. The summed E-state index contributed by atoms with van der Waals surface area (Å²) in [5.41, 5.74) is 7.78. The monoisotopic (exact) mass is 301 g/mol. The van der Waals surface area contributed by atoms with E-state index in [9.17, 15) is 0 Å². The zero-order valence-electron chi connectivity index (χ0n) is 12.0. The number of ether oxygens (including phenoxy) is 2. The summed E-state index contributed by atoms with van der Waals surface area (Å²) in [6.45, 7) is 3.05. The highest BCUT2D eigenvalue weighted by Gasteiger charge is 1.98. The van der Waals surface area contributed by atoms with Crippen LogP contribution >= 0.6 is 12.2 Å². The third-order valence-electron chi connectivity index (χ3n) is 2.91. The van der Waals surface area contributed by atoms with Gasteiger partial charge in [0.25, 0.3) is 0 Å². The molecule has 21 heavy (non-hydrogen) atoms. The molecular weight excluding hydrogens is 282 g/mol. The van der Waals surface area contributed by atoms with E-state index < -0.39 is 0 Å². The zero-order valence-corrected chi connectivity index (χ0v) is 12.9. The first-order valence-electron chi connectivity index (χ1n) is 6.83. The van der Waals surface area contributed by atoms with Gasteiger partial charge in [-0.2, -0.15) is 0 Å². The van der Waals surface area contributed by atoms with Gasteiger partial charge in [-0.3, -0.25) is 0 Å². The molecule has 0 heterocycles. The molecule has 0 radical (unpaired) electrons. The lowest BCUT2D eigenvalue weighted by atomic mass is 10.1. The smallest absolute Gasteiger partial charge is 0.122 e. The summed E-state index contributed by atoms with van der Waals surface area (Å²) in [7, 11) is 0. The van der Waals surface area contributed by atoms with E-state index in [4.69, 9.17) is 27.4 Å². The van der Waals surface area contributed by atoms with Crippen molar-refractivity contribution in [1.82, 2.24) is 0 Å². The average molecular weight is 301 g/mol. The second-order valence-corrected chi connectivity index (χ2v) is 5.32. The first-order valence-corrected chi connectivity index (χ1v) is 7.24. The van der Waals surface area contributed by atoms with Crippen molar-refractivity contribution >= 4 is 17.2 Å². The lowest BCUT2D eigenvalue weighted by molar-refractivity contribution is 0.217. The molecule has 110 valence electrons. The molecule has 0 saturated heterocycles. The predicted molar refractivity (Wildman–Crippen MR) is 89.1 cm³/mol. The van der Waals surface area contributed by atoms with Crippen LogP contribution in [0.4, 0.5) is 0 Å². The van der Waals surface area contributed by atoms with Crippen molar-refractivity contribution in [2.75, 3.05) is 13.2 Å². The van der Waals surface area contributed by atoms with Gasteiger partial charge in [0, 0.05) is 6.42 Å². The molecule has 0 saturated carbocycles. The molecule has 0 aromatic heterocycles. The molecule has 2 rings (SSSR count). The van der Waals surface area contributed by atoms with Crippen molar-refractivity contribution in [1.29, 1.82) is 0 Å². The lowest BCUT2D eigenvalue weighted by Gasteiger charge is -2.09. The number of thiocarbonyl (C=S) groups is 1. The van der Waals surface area contributed by atoms with Gasteiger partial charge >= 0.3 is 0 Å². The summed E-state index contributed by atoms with van der Waals surface area (Å²) in [5, 5.41) is 0. The van der Waals surface area contributed by atoms with Gasteiger partial charge in [-0.1, -0.05) is 36.5 Å². The molecule has 0 spiro atoms. The van der Waals surface area contributed by atoms with E-state index in [0.29, 0.717) is 24.6 Å². The standard InChI is InChI=1S/C17H19NO2S/c1-13-3-2-4-16(11-13)20-10-9-19-15-7-5-14(6-8-15)12-17(18)21/h2-8,11H,9-10,12H2,1H3,(H2,18,21). The molecule has 0 aliphatic heterocycles. The fourth-order valence-corrected chi connectivity index (χ4v) is 2.10. The number of hydrogen-bond donors (Lipinski definition) is 1. The van der Waals surface area contributed by atoms with Crippen LogP contribution in [0.1, 0.15) is 11.1 Å². The highest BCUT2D eigenvalue weighted by Crippen LogP contribution is 2.14. The molecule has 0 aliphatic rings. The van der Waals surface area contributed by atoms with Gasteiger partial charge in [0.1, 0.15) is 24.7 Å². The van der Waals surface area contributed by atoms with Gasteiger partial charge in [-0.05, 0) is 42.3 Å². The molecule has 2 N–H and O–H groups in total. The molecule has 0 aliphatic carbocycles. The SMILES string of the molecule is Cc1cccc(OCCOc2ccc(CC(N)=S)cc2)c1. The molecule has 3 nitrogen and oxygen atoms in total. The van der Waals surface area contributed by atoms with Gasteiger partial charge in [0.05, 0.1) is 4.99 Å². The zero-order chi connectivity index (χ0) is 15.1. The van der Waals surface area contributed by atoms with Gasteiger partial charge in [-0.15, -0.1) is 0 Å². The second kappa shape index (κ2) is 7.64. The van der Waals surface area contributed by atoms with Crippen LogP contribution in [-0.4, -0.2) is 18.2 Å². The van der Waals surface area contributed by atoms with E-state index in [0.717, 1.165) is 17.1 Å². The van der Waals surface area contributed by atoms with Gasteiger partial charge < -0.3 is 15.2 Å². The minimum atomic E-state index is 0.496. The number of nitrogens with two attached hydrogens (primary N) is 1. The van der Waals surface area contributed by atoms with E-state index in [-0.39, 0.29) is 0 Å². The number of rotatable bonds is 7. The van der Waals surface area contributed by atoms with E-state index in [1.54, 1.807) is 0 Å². The Bertz CT molecular complexity index is 596. The quantitative estimate of drug-likeness (QED) is 0.629. The largest absolute Gasteiger partial charge is 0.490 e. The summed E-state index contributed by atoms with van der Waals surface area (Å²) in [6, 6.07) is 15.7. The van der Waals surface area contributed by atoms with Gasteiger partial charge in [0.15, 0.2) is 0 Å². The first-order chi connectivity index (χ1) is 10.1. The maximum absolute atomic E-state index is 5.63. The molecule has 0 atom stereocenters. The first kappa shape index (κ1) is 15.3. The Balaban J connectivity index is 1.74. The van der Waals surface area contributed by atoms with Crippen LogP contribution in [0.5, 0.6) is 11.5 Å². The lowest BCUT2D eigenvalue weighted by Crippen LogP contribution is -2.11. The summed E-state index contributed by atoms with van der Waals surface area (Å²) in [6.07, 6.45) is 0.617. The molecular formula is C17H19NO2S. The highest BCUT2D eigenvalue weighted by molar-refractivity contribution is 7.80. The van der Waals surface area contributed by atoms with Crippen LogP contribution in [-0.2, 0) is 6.42 Å². The minimum Gasteiger partial charge on any atom is -0.490 e. The third-order valence-corrected chi connectivity index (χ3v) is 3.06. The van der Waals surface area contributed by atoms with E-state index >= 15 is 0 Å². The summed E-state index contributed by atoms with van der Waals surface area (Å²) in [4.78, 5) is 0.496. The van der Waals surface area contributed by atoms with Crippen LogP contribution in [0.25, 0.3) is 0 Å². The van der Waals surface area contributed by atoms with Crippen LogP contribution in [0.3, 0.4) is 0 Å². The normalized spacial score (nSPS) is 10.1. The number of hydrogen-bond acceptors (Lipinski definition) is 3. The maximum Gasteiger partial charge on any atom is 0.122 e. The van der Waals surface area contributed by atoms with Gasteiger partial charge in [0.2, 0.25) is 0 Å². The fraction of sp³-hybridized carbons (Fsp3) is 0.235. The van der Waals surface area contributed by atoms with Crippen molar-refractivity contribution in [3.8, 4) is 11.5 Å². The molecule has 2 aromatic rings. The summed E-state index contributed by atoms with van der Waals surface area (Å²) >= 11 is 4.88. The average Bonchev–Trinajstić information content (AvgIpc) is 2.45. The molecule has 0 fully saturated rings. The topological polar surface area (TPSA) is 44.5 Å². The van der Waals surface area contributed by atoms with Gasteiger partial charge in [-0.25, -0.2) is 0 Å². The van der Waals surface area contributed by atoms with Crippen molar-refractivity contribution in [3.05, 3.63) is 59.7 Å². The van der Waals surface area contributed by atoms with E-state index in [2.05, 4.69) is 0 Å². The molecule has 0 bridgehead atoms. The Morgan fingerprint density at radius 3 is 2.29 bits per heavy atom. The van der Waals surface area contributed by atoms with Crippen molar-refractivity contribution in [2.45, 2.75) is 13.3 Å². The Hall–Kier alpha value is -2.07. The fourth-order valence-electron chi connectivity index (χ4n) is 1.93. The number of benzene rings is 2. The Kier molecular flexibility index (Phi) is 5.58. The van der Waals surface area contributed by atoms with Crippen LogP contribution in [0, 0.1) is 6.92 Å². The molecule has 4 heteroatoms. The minimum absolute atomic E-state index is 0.496. The summed E-state index contributed by atoms with van der Waals surface area (Å²) in [5.74, 6) is 1.68. The molecule has 0 amide bonds. The third kappa shape index (κ3) is 5.44. The van der Waals surface area contributed by atoms with Crippen LogP contribution in [0.2, 0.25) is 0 Å². The highest BCUT2D eigenvalue weighted by atomic mass is 32.1. The maximum atomic E-state index is 5.63. The van der Waals surface area contributed by atoms with E-state index in [1.165, 1.54) is 5.56 Å². The molecule has 0 unspecified atom stereocenters.